The topological polar surface area (TPSA) is 53.1 Å². The van der Waals surface area contributed by atoms with E-state index in [1.807, 2.05) is 0 Å². The number of aromatic nitrogens is 2. The predicted molar refractivity (Wildman–Crippen MR) is 59.5 cm³/mol. The highest BCUT2D eigenvalue weighted by atomic mass is 19.2. The molecular weight excluding hydrogens is 247 g/mol. The Balaban J connectivity index is 2.73. The van der Waals surface area contributed by atoms with Gasteiger partial charge in [-0.3, -0.25) is 4.68 Å². The summed E-state index contributed by atoms with van der Waals surface area (Å²) in [6, 6.07) is 0.723. The van der Waals surface area contributed by atoms with E-state index in [2.05, 4.69) is 9.84 Å². The molecule has 2 aromatic rings. The van der Waals surface area contributed by atoms with Crippen LogP contribution in [0, 0.1) is 17.5 Å². The molecule has 0 radical (unpaired) electrons. The van der Waals surface area contributed by atoms with Crippen LogP contribution in [0.3, 0.4) is 0 Å². The fourth-order valence-electron chi connectivity index (χ4n) is 1.61. The fourth-order valence-corrected chi connectivity index (χ4v) is 1.61. The zero-order valence-corrected chi connectivity index (χ0v) is 9.67. The van der Waals surface area contributed by atoms with Gasteiger partial charge in [-0.05, 0) is 6.07 Å². The largest absolute Gasteiger partial charge is 0.491 e. The number of ether oxygens (including phenoxy) is 1. The lowest BCUT2D eigenvalue weighted by molar-refractivity contribution is 0.347. The minimum absolute atomic E-state index is 0.141. The Morgan fingerprint density at radius 1 is 1.22 bits per heavy atom. The van der Waals surface area contributed by atoms with Gasteiger partial charge < -0.3 is 10.5 Å². The second-order valence-electron chi connectivity index (χ2n) is 3.63. The third-order valence-electron chi connectivity index (χ3n) is 2.59. The summed E-state index contributed by atoms with van der Waals surface area (Å²) in [6.45, 7) is 0. The third kappa shape index (κ3) is 1.68. The zero-order chi connectivity index (χ0) is 13.4. The molecule has 4 nitrogen and oxygen atoms in total. The van der Waals surface area contributed by atoms with Crippen LogP contribution in [0.25, 0.3) is 11.1 Å². The molecule has 2 N–H and O–H groups in total. The van der Waals surface area contributed by atoms with Crippen LogP contribution in [0.4, 0.5) is 19.0 Å². The van der Waals surface area contributed by atoms with E-state index in [0.29, 0.717) is 0 Å². The zero-order valence-electron chi connectivity index (χ0n) is 9.67. The molecule has 1 heterocycles. The number of rotatable bonds is 2. The summed E-state index contributed by atoms with van der Waals surface area (Å²) in [4.78, 5) is 0. The maximum absolute atomic E-state index is 14.0. The van der Waals surface area contributed by atoms with Crippen molar-refractivity contribution in [3.05, 3.63) is 29.7 Å². The first-order chi connectivity index (χ1) is 8.47. The number of methoxy groups -OCH3 is 1. The molecule has 2 rings (SSSR count). The van der Waals surface area contributed by atoms with Gasteiger partial charge >= 0.3 is 0 Å². The number of nitrogens with zero attached hydrogens (tertiary/aromatic N) is 2. The van der Waals surface area contributed by atoms with E-state index < -0.39 is 23.2 Å². The molecule has 18 heavy (non-hydrogen) atoms. The maximum Gasteiger partial charge on any atom is 0.203 e. The molecule has 0 saturated heterocycles. The number of anilines is 1. The summed E-state index contributed by atoms with van der Waals surface area (Å²) >= 11 is 0. The Labute approximate surface area is 101 Å². The normalized spacial score (nSPS) is 10.7. The van der Waals surface area contributed by atoms with E-state index >= 15 is 0 Å². The summed E-state index contributed by atoms with van der Waals surface area (Å²) in [5.41, 5.74) is 5.64. The van der Waals surface area contributed by atoms with Gasteiger partial charge in [-0.2, -0.15) is 9.49 Å². The van der Waals surface area contributed by atoms with Crippen LogP contribution < -0.4 is 10.5 Å². The molecule has 7 heteroatoms. The summed E-state index contributed by atoms with van der Waals surface area (Å²) in [7, 11) is 2.60. The quantitative estimate of drug-likeness (QED) is 0.838. The molecule has 1 aromatic heterocycles. The minimum Gasteiger partial charge on any atom is -0.491 e. The number of benzene rings is 1. The molecular formula is C11H10F3N3O. The van der Waals surface area contributed by atoms with Crippen molar-refractivity contribution in [1.29, 1.82) is 0 Å². The highest BCUT2D eigenvalue weighted by Gasteiger charge is 2.22. The van der Waals surface area contributed by atoms with Crippen molar-refractivity contribution in [2.45, 2.75) is 0 Å². The first kappa shape index (κ1) is 12.3. The Hall–Kier alpha value is -2.18. The average Bonchev–Trinajstić information content (AvgIpc) is 2.66. The van der Waals surface area contributed by atoms with Gasteiger partial charge in [0.1, 0.15) is 5.82 Å². The second kappa shape index (κ2) is 4.25. The highest BCUT2D eigenvalue weighted by molar-refractivity contribution is 5.75. The molecule has 0 unspecified atom stereocenters. The second-order valence-corrected chi connectivity index (χ2v) is 3.63. The van der Waals surface area contributed by atoms with Crippen molar-refractivity contribution in [1.82, 2.24) is 9.78 Å². The van der Waals surface area contributed by atoms with Gasteiger partial charge in [0.25, 0.3) is 0 Å². The van der Waals surface area contributed by atoms with Crippen LogP contribution in [0.1, 0.15) is 0 Å². The van der Waals surface area contributed by atoms with Gasteiger partial charge in [0.05, 0.1) is 13.3 Å². The SMILES string of the molecule is COc1c(F)c(F)cc(-c2cnn(C)c2N)c1F. The van der Waals surface area contributed by atoms with Crippen LogP contribution in [-0.4, -0.2) is 16.9 Å². The standard InChI is InChI=1S/C11H10F3N3O/c1-17-11(15)6(4-16-17)5-3-7(12)9(14)10(18-2)8(5)13/h3-4H,15H2,1-2H3. The molecule has 0 aliphatic rings. The van der Waals surface area contributed by atoms with Gasteiger partial charge in [-0.15, -0.1) is 0 Å². The monoisotopic (exact) mass is 257 g/mol. The molecule has 0 aliphatic heterocycles. The van der Waals surface area contributed by atoms with Crippen LogP contribution in [-0.2, 0) is 7.05 Å². The number of hydrogen-bond acceptors (Lipinski definition) is 3. The predicted octanol–water partition coefficient (Wildman–Crippen LogP) is 2.10. The molecule has 0 atom stereocenters. The van der Waals surface area contributed by atoms with Gasteiger partial charge in [0, 0.05) is 18.2 Å². The van der Waals surface area contributed by atoms with E-state index in [1.54, 1.807) is 7.05 Å². The van der Waals surface area contributed by atoms with Crippen molar-refractivity contribution < 1.29 is 17.9 Å². The lowest BCUT2D eigenvalue weighted by Gasteiger charge is -2.09. The first-order valence-electron chi connectivity index (χ1n) is 4.96. The van der Waals surface area contributed by atoms with Crippen LogP contribution in [0.15, 0.2) is 12.3 Å². The lowest BCUT2D eigenvalue weighted by atomic mass is 10.1. The van der Waals surface area contributed by atoms with Crippen LogP contribution >= 0.6 is 0 Å². The number of aryl methyl sites for hydroxylation is 1. The number of nitrogens with two attached hydrogens (primary N) is 1. The number of halogens is 3. The Kier molecular flexibility index (Phi) is 2.90. The average molecular weight is 257 g/mol. The van der Waals surface area contributed by atoms with Gasteiger partial charge in [0.15, 0.2) is 17.4 Å². The lowest BCUT2D eigenvalue weighted by Crippen LogP contribution is -2.01. The fraction of sp³-hybridized carbons (Fsp3) is 0.182. The number of hydrogen-bond donors (Lipinski definition) is 1. The van der Waals surface area contributed by atoms with Crippen molar-refractivity contribution in [2.24, 2.45) is 7.05 Å². The van der Waals surface area contributed by atoms with E-state index in [-0.39, 0.29) is 16.9 Å². The number of nitrogen functional groups attached to an aromatic ring is 1. The van der Waals surface area contributed by atoms with Crippen molar-refractivity contribution in [3.8, 4) is 16.9 Å². The van der Waals surface area contributed by atoms with Crippen molar-refractivity contribution in [2.75, 3.05) is 12.8 Å². The molecule has 0 spiro atoms. The van der Waals surface area contributed by atoms with E-state index in [4.69, 9.17) is 5.73 Å². The Morgan fingerprint density at radius 2 is 1.89 bits per heavy atom. The molecule has 0 fully saturated rings. The minimum atomic E-state index is -1.37. The van der Waals surface area contributed by atoms with Gasteiger partial charge in [-0.25, -0.2) is 8.78 Å². The van der Waals surface area contributed by atoms with E-state index in [1.165, 1.54) is 10.9 Å². The third-order valence-corrected chi connectivity index (χ3v) is 2.59. The summed E-state index contributed by atoms with van der Waals surface area (Å²) in [5, 5.41) is 3.81. The molecule has 1 aromatic carbocycles. The van der Waals surface area contributed by atoms with Crippen LogP contribution in [0.5, 0.6) is 5.75 Å². The maximum atomic E-state index is 14.0. The van der Waals surface area contributed by atoms with Crippen LogP contribution in [0.2, 0.25) is 0 Å². The van der Waals surface area contributed by atoms with Crippen molar-refractivity contribution in [3.63, 3.8) is 0 Å². The highest BCUT2D eigenvalue weighted by Crippen LogP contribution is 2.35. The molecule has 0 amide bonds. The van der Waals surface area contributed by atoms with Gasteiger partial charge in [-0.1, -0.05) is 0 Å². The van der Waals surface area contributed by atoms with Gasteiger partial charge in [0.2, 0.25) is 5.82 Å². The van der Waals surface area contributed by atoms with Crippen molar-refractivity contribution >= 4 is 5.82 Å². The molecule has 0 bridgehead atoms. The first-order valence-corrected chi connectivity index (χ1v) is 4.96. The summed E-state index contributed by atoms with van der Waals surface area (Å²) in [6.07, 6.45) is 1.27. The van der Waals surface area contributed by atoms with E-state index in [0.717, 1.165) is 13.2 Å². The summed E-state index contributed by atoms with van der Waals surface area (Å²) < 4.78 is 46.4. The molecule has 0 saturated carbocycles. The molecule has 96 valence electrons. The molecule has 0 aliphatic carbocycles. The summed E-state index contributed by atoms with van der Waals surface area (Å²) in [5.74, 6) is -4.25. The Bertz CT molecular complexity index is 610. The van der Waals surface area contributed by atoms with E-state index in [9.17, 15) is 13.2 Å². The smallest absolute Gasteiger partial charge is 0.203 e. The Morgan fingerprint density at radius 3 is 2.39 bits per heavy atom.